The van der Waals surface area contributed by atoms with Crippen LogP contribution >= 0.6 is 11.3 Å². The zero-order valence-electron chi connectivity index (χ0n) is 11.1. The first-order valence-corrected chi connectivity index (χ1v) is 7.32. The van der Waals surface area contributed by atoms with Gasteiger partial charge < -0.3 is 10.6 Å². The van der Waals surface area contributed by atoms with Crippen molar-refractivity contribution in [1.29, 1.82) is 0 Å². The number of carbonyl (C=O) groups excluding carboxylic acids is 1. The minimum atomic E-state index is 0.0653. The van der Waals surface area contributed by atoms with E-state index < -0.39 is 0 Å². The summed E-state index contributed by atoms with van der Waals surface area (Å²) in [7, 11) is 0. The first kappa shape index (κ1) is 12.4. The van der Waals surface area contributed by atoms with E-state index in [0.717, 1.165) is 23.1 Å². The number of likely N-dealkylation sites (tertiary alicyclic amines) is 1. The number of nitrogen functional groups attached to an aromatic ring is 1. The summed E-state index contributed by atoms with van der Waals surface area (Å²) in [5.74, 6) is 0.631. The van der Waals surface area contributed by atoms with Crippen molar-refractivity contribution in [2.24, 2.45) is 5.92 Å². The van der Waals surface area contributed by atoms with E-state index in [1.807, 2.05) is 11.0 Å². The Morgan fingerprint density at radius 3 is 2.95 bits per heavy atom. The van der Waals surface area contributed by atoms with Crippen molar-refractivity contribution in [1.82, 2.24) is 9.88 Å². The standard InChI is InChI=1S/C14H17N3OS/c1-8-5-9(2)17(7-8)14(18)13-12(15)10-3-4-16-6-11(10)19-13/h3-4,6,8-9H,5,7,15H2,1-2H3. The van der Waals surface area contributed by atoms with Gasteiger partial charge in [0.1, 0.15) is 4.88 Å². The Hall–Kier alpha value is -1.62. The van der Waals surface area contributed by atoms with Gasteiger partial charge in [0.15, 0.2) is 0 Å². The number of hydrogen-bond donors (Lipinski definition) is 1. The van der Waals surface area contributed by atoms with Crippen molar-refractivity contribution in [3.8, 4) is 0 Å². The SMILES string of the molecule is CC1CC(C)N(C(=O)c2sc3cnccc3c2N)C1. The molecule has 3 heterocycles. The molecule has 0 radical (unpaired) electrons. The second-order valence-electron chi connectivity index (χ2n) is 5.36. The van der Waals surface area contributed by atoms with Crippen LogP contribution in [-0.4, -0.2) is 28.4 Å². The van der Waals surface area contributed by atoms with Crippen molar-refractivity contribution in [3.05, 3.63) is 23.3 Å². The van der Waals surface area contributed by atoms with Gasteiger partial charge in [-0.05, 0) is 25.3 Å². The number of aromatic nitrogens is 1. The highest BCUT2D eigenvalue weighted by molar-refractivity contribution is 7.21. The molecule has 19 heavy (non-hydrogen) atoms. The number of hydrogen-bond acceptors (Lipinski definition) is 4. The maximum absolute atomic E-state index is 12.6. The second kappa shape index (κ2) is 4.49. The van der Waals surface area contributed by atoms with Crippen molar-refractivity contribution in [2.75, 3.05) is 12.3 Å². The number of pyridine rings is 1. The quantitative estimate of drug-likeness (QED) is 0.870. The average molecular weight is 275 g/mol. The molecule has 1 amide bonds. The molecule has 4 nitrogen and oxygen atoms in total. The van der Waals surface area contributed by atoms with Gasteiger partial charge in [-0.15, -0.1) is 11.3 Å². The lowest BCUT2D eigenvalue weighted by molar-refractivity contribution is 0.0749. The molecule has 5 heteroatoms. The number of nitrogens with zero attached hydrogens (tertiary/aromatic N) is 2. The fraction of sp³-hybridized carbons (Fsp3) is 0.429. The molecule has 2 unspecified atom stereocenters. The molecule has 3 rings (SSSR count). The number of anilines is 1. The van der Waals surface area contributed by atoms with Crippen molar-refractivity contribution in [3.63, 3.8) is 0 Å². The predicted molar refractivity (Wildman–Crippen MR) is 78.3 cm³/mol. The van der Waals surface area contributed by atoms with Crippen LogP contribution < -0.4 is 5.73 Å². The Kier molecular flexibility index (Phi) is 2.93. The zero-order chi connectivity index (χ0) is 13.6. The van der Waals surface area contributed by atoms with Gasteiger partial charge in [0.25, 0.3) is 5.91 Å². The van der Waals surface area contributed by atoms with E-state index in [2.05, 4.69) is 18.8 Å². The van der Waals surface area contributed by atoms with Gasteiger partial charge in [-0.3, -0.25) is 9.78 Å². The van der Waals surface area contributed by atoms with Crippen LogP contribution in [-0.2, 0) is 0 Å². The van der Waals surface area contributed by atoms with E-state index in [4.69, 9.17) is 5.73 Å². The Labute approximate surface area is 116 Å². The van der Waals surface area contributed by atoms with Crippen LogP contribution in [0.2, 0.25) is 0 Å². The Balaban J connectivity index is 2.00. The molecule has 1 fully saturated rings. The van der Waals surface area contributed by atoms with Crippen LogP contribution in [0.25, 0.3) is 10.1 Å². The smallest absolute Gasteiger partial charge is 0.266 e. The lowest BCUT2D eigenvalue weighted by Crippen LogP contribution is -2.33. The lowest BCUT2D eigenvalue weighted by atomic mass is 10.1. The first-order valence-electron chi connectivity index (χ1n) is 6.51. The van der Waals surface area contributed by atoms with Crippen LogP contribution in [0.3, 0.4) is 0 Å². The van der Waals surface area contributed by atoms with Crippen LogP contribution in [0, 0.1) is 5.92 Å². The third kappa shape index (κ3) is 1.98. The lowest BCUT2D eigenvalue weighted by Gasteiger charge is -2.20. The van der Waals surface area contributed by atoms with E-state index in [9.17, 15) is 4.79 Å². The molecular formula is C14H17N3OS. The highest BCUT2D eigenvalue weighted by Crippen LogP contribution is 2.35. The molecule has 1 saturated heterocycles. The molecule has 2 atom stereocenters. The van der Waals surface area contributed by atoms with E-state index in [1.54, 1.807) is 12.4 Å². The zero-order valence-corrected chi connectivity index (χ0v) is 11.9. The monoisotopic (exact) mass is 275 g/mol. The first-order chi connectivity index (χ1) is 9.08. The summed E-state index contributed by atoms with van der Waals surface area (Å²) in [6, 6.07) is 2.17. The number of rotatable bonds is 1. The largest absolute Gasteiger partial charge is 0.397 e. The van der Waals surface area contributed by atoms with Crippen molar-refractivity contribution in [2.45, 2.75) is 26.3 Å². The topological polar surface area (TPSA) is 59.2 Å². The van der Waals surface area contributed by atoms with Crippen molar-refractivity contribution < 1.29 is 4.79 Å². The second-order valence-corrected chi connectivity index (χ2v) is 6.42. The fourth-order valence-electron chi connectivity index (χ4n) is 2.84. The summed E-state index contributed by atoms with van der Waals surface area (Å²) in [6.07, 6.45) is 4.54. The minimum Gasteiger partial charge on any atom is -0.397 e. The number of fused-ring (bicyclic) bond motifs is 1. The molecule has 1 aliphatic rings. The molecule has 0 aromatic carbocycles. The summed E-state index contributed by atoms with van der Waals surface area (Å²) < 4.78 is 0.975. The summed E-state index contributed by atoms with van der Waals surface area (Å²) in [5, 5.41) is 0.934. The number of amides is 1. The fourth-order valence-corrected chi connectivity index (χ4v) is 3.89. The summed E-state index contributed by atoms with van der Waals surface area (Å²) >= 11 is 1.44. The van der Waals surface area contributed by atoms with E-state index >= 15 is 0 Å². The molecule has 0 bridgehead atoms. The maximum Gasteiger partial charge on any atom is 0.266 e. The van der Waals surface area contributed by atoms with Crippen LogP contribution in [0.1, 0.15) is 29.9 Å². The normalized spacial score (nSPS) is 23.2. The van der Waals surface area contributed by atoms with Crippen LogP contribution in [0.5, 0.6) is 0 Å². The summed E-state index contributed by atoms with van der Waals surface area (Å²) in [6.45, 7) is 5.11. The van der Waals surface area contributed by atoms with Crippen LogP contribution in [0.15, 0.2) is 18.5 Å². The van der Waals surface area contributed by atoms with Gasteiger partial charge in [-0.1, -0.05) is 6.92 Å². The van der Waals surface area contributed by atoms with Gasteiger partial charge >= 0.3 is 0 Å². The predicted octanol–water partition coefficient (Wildman–Crippen LogP) is 2.75. The molecule has 2 aromatic heterocycles. The third-order valence-electron chi connectivity index (χ3n) is 3.77. The molecule has 2 N–H and O–H groups in total. The van der Waals surface area contributed by atoms with E-state index in [1.165, 1.54) is 11.3 Å². The van der Waals surface area contributed by atoms with Crippen molar-refractivity contribution >= 4 is 33.0 Å². The maximum atomic E-state index is 12.6. The Bertz CT molecular complexity index is 637. The van der Waals surface area contributed by atoms with E-state index in [0.29, 0.717) is 22.5 Å². The molecule has 0 saturated carbocycles. The molecule has 100 valence electrons. The highest BCUT2D eigenvalue weighted by atomic mass is 32.1. The minimum absolute atomic E-state index is 0.0653. The highest BCUT2D eigenvalue weighted by Gasteiger charge is 2.32. The molecule has 0 spiro atoms. The average Bonchev–Trinajstić information content (AvgIpc) is 2.90. The molecule has 1 aliphatic heterocycles. The Morgan fingerprint density at radius 1 is 1.53 bits per heavy atom. The third-order valence-corrected chi connectivity index (χ3v) is 4.91. The van der Waals surface area contributed by atoms with Gasteiger partial charge in [0.05, 0.1) is 10.4 Å². The van der Waals surface area contributed by atoms with Crippen LogP contribution in [0.4, 0.5) is 5.69 Å². The number of carbonyl (C=O) groups is 1. The molecular weight excluding hydrogens is 258 g/mol. The summed E-state index contributed by atoms with van der Waals surface area (Å²) in [4.78, 5) is 19.3. The molecule has 0 aliphatic carbocycles. The van der Waals surface area contributed by atoms with Gasteiger partial charge in [-0.25, -0.2) is 0 Å². The van der Waals surface area contributed by atoms with Gasteiger partial charge in [-0.2, -0.15) is 0 Å². The van der Waals surface area contributed by atoms with Gasteiger partial charge in [0.2, 0.25) is 0 Å². The number of thiophene rings is 1. The summed E-state index contributed by atoms with van der Waals surface area (Å²) in [5.41, 5.74) is 6.72. The van der Waals surface area contributed by atoms with Gasteiger partial charge in [0, 0.05) is 30.4 Å². The molecule has 2 aromatic rings. The van der Waals surface area contributed by atoms with E-state index in [-0.39, 0.29) is 5.91 Å². The number of nitrogens with two attached hydrogens (primary N) is 1. The Morgan fingerprint density at radius 2 is 2.32 bits per heavy atom.